The van der Waals surface area contributed by atoms with Gasteiger partial charge >= 0.3 is 0 Å². The van der Waals surface area contributed by atoms with E-state index in [9.17, 15) is 15.2 Å². The van der Waals surface area contributed by atoms with E-state index in [1.165, 1.54) is 0 Å². The van der Waals surface area contributed by atoms with Gasteiger partial charge in [0.1, 0.15) is 0 Å². The molecule has 0 spiro atoms. The predicted molar refractivity (Wildman–Crippen MR) is 107 cm³/mol. The van der Waals surface area contributed by atoms with Gasteiger partial charge in [-0.05, 0) is 49.8 Å². The Morgan fingerprint density at radius 2 is 1.93 bits per heavy atom. The molecule has 0 saturated carbocycles. The molecule has 148 valence electrons. The highest BCUT2D eigenvalue weighted by molar-refractivity contribution is 6.30. The number of carbonyl (C=O) groups is 1. The van der Waals surface area contributed by atoms with Crippen LogP contribution in [0.2, 0.25) is 5.02 Å². The van der Waals surface area contributed by atoms with Gasteiger partial charge in [-0.3, -0.25) is 4.79 Å². The zero-order valence-corrected chi connectivity index (χ0v) is 17.5. The van der Waals surface area contributed by atoms with Gasteiger partial charge < -0.3 is 15.7 Å². The van der Waals surface area contributed by atoms with Crippen molar-refractivity contribution in [2.75, 3.05) is 6.61 Å². The van der Waals surface area contributed by atoms with Gasteiger partial charge in [-0.15, -0.1) is 0 Å². The van der Waals surface area contributed by atoms with Crippen LogP contribution in [0.3, 0.4) is 0 Å². The van der Waals surface area contributed by atoms with E-state index < -0.39 is 17.0 Å². The van der Waals surface area contributed by atoms with Crippen molar-refractivity contribution in [1.29, 1.82) is 5.26 Å². The summed E-state index contributed by atoms with van der Waals surface area (Å²) < 4.78 is 0. The highest BCUT2D eigenvalue weighted by atomic mass is 35.5. The highest BCUT2D eigenvalue weighted by Gasteiger charge is 2.52. The van der Waals surface area contributed by atoms with Crippen LogP contribution < -0.4 is 10.6 Å². The molecule has 1 amide bonds. The zero-order chi connectivity index (χ0) is 20.5. The fourth-order valence-corrected chi connectivity index (χ4v) is 3.76. The predicted octanol–water partition coefficient (Wildman–Crippen LogP) is 3.16. The molecule has 27 heavy (non-hydrogen) atoms. The van der Waals surface area contributed by atoms with Crippen molar-refractivity contribution in [2.45, 2.75) is 70.5 Å². The van der Waals surface area contributed by atoms with Gasteiger partial charge in [0.25, 0.3) is 0 Å². The summed E-state index contributed by atoms with van der Waals surface area (Å²) in [7, 11) is 0. The third kappa shape index (κ3) is 5.01. The van der Waals surface area contributed by atoms with Crippen LogP contribution in [0.4, 0.5) is 0 Å². The van der Waals surface area contributed by atoms with E-state index in [-0.39, 0.29) is 24.0 Å². The van der Waals surface area contributed by atoms with Crippen molar-refractivity contribution >= 4 is 17.5 Å². The largest absolute Gasteiger partial charge is 0.394 e. The van der Waals surface area contributed by atoms with E-state index in [4.69, 9.17) is 11.6 Å². The molecule has 1 fully saturated rings. The third-order valence-corrected chi connectivity index (χ3v) is 5.32. The minimum absolute atomic E-state index is 0.0120. The lowest BCUT2D eigenvalue weighted by Crippen LogP contribution is -2.53. The number of nitrogens with zero attached hydrogens (tertiary/aromatic N) is 1. The number of hydrogen-bond donors (Lipinski definition) is 3. The van der Waals surface area contributed by atoms with E-state index in [0.29, 0.717) is 11.4 Å². The Kier molecular flexibility index (Phi) is 6.26. The molecular formula is C21H30ClN3O2. The fourth-order valence-electron chi connectivity index (χ4n) is 3.64. The topological polar surface area (TPSA) is 85.2 Å². The number of carbonyl (C=O) groups excluding carboxylic acids is 1. The fraction of sp³-hybridized carbons (Fsp3) is 0.619. The van der Waals surface area contributed by atoms with Crippen molar-refractivity contribution in [3.63, 3.8) is 0 Å². The number of amides is 1. The van der Waals surface area contributed by atoms with Gasteiger partial charge in [-0.25, -0.2) is 0 Å². The highest BCUT2D eigenvalue weighted by Crippen LogP contribution is 2.42. The third-order valence-electron chi connectivity index (χ3n) is 5.07. The van der Waals surface area contributed by atoms with Crippen LogP contribution in [0.25, 0.3) is 0 Å². The summed E-state index contributed by atoms with van der Waals surface area (Å²) >= 11 is 6.03. The maximum absolute atomic E-state index is 12.8. The van der Waals surface area contributed by atoms with Gasteiger partial charge in [0.2, 0.25) is 5.91 Å². The molecule has 0 radical (unpaired) electrons. The Balaban J connectivity index is 2.38. The van der Waals surface area contributed by atoms with Gasteiger partial charge in [0.15, 0.2) is 0 Å². The second kappa shape index (κ2) is 7.79. The quantitative estimate of drug-likeness (QED) is 0.719. The van der Waals surface area contributed by atoms with Crippen molar-refractivity contribution in [2.24, 2.45) is 5.41 Å². The Morgan fingerprint density at radius 3 is 2.41 bits per heavy atom. The molecule has 1 aliphatic heterocycles. The van der Waals surface area contributed by atoms with E-state index in [2.05, 4.69) is 37.5 Å². The van der Waals surface area contributed by atoms with Gasteiger partial charge in [-0.1, -0.05) is 44.5 Å². The molecule has 5 nitrogen and oxygen atoms in total. The second-order valence-electron chi connectivity index (χ2n) is 9.36. The van der Waals surface area contributed by atoms with E-state index >= 15 is 0 Å². The molecular weight excluding hydrogens is 362 g/mol. The first kappa shape index (κ1) is 21.7. The first-order valence-corrected chi connectivity index (χ1v) is 9.66. The van der Waals surface area contributed by atoms with Gasteiger partial charge in [0.05, 0.1) is 29.7 Å². The first-order chi connectivity index (χ1) is 12.4. The summed E-state index contributed by atoms with van der Waals surface area (Å²) in [4.78, 5) is 12.8. The molecule has 1 aromatic carbocycles. The lowest BCUT2D eigenvalue weighted by Gasteiger charge is -2.33. The zero-order valence-electron chi connectivity index (χ0n) is 16.8. The number of aliphatic hydroxyl groups is 1. The van der Waals surface area contributed by atoms with Crippen LogP contribution in [0, 0.1) is 16.7 Å². The monoisotopic (exact) mass is 391 g/mol. The standard InChI is InChI=1S/C21H30ClN3O2/c1-19(2,3)11-17-21(12-23,14-6-8-15(22)9-7-14)10-16(24-17)18(27)25-20(4,5)13-26/h6-9,16-17,24,26H,10-11,13H2,1-5H3,(H,25,27). The minimum atomic E-state index is -0.816. The number of aliphatic hydroxyl groups excluding tert-OH is 1. The number of nitriles is 1. The van der Waals surface area contributed by atoms with Crippen molar-refractivity contribution < 1.29 is 9.90 Å². The Labute approximate surface area is 167 Å². The Hall–Kier alpha value is -1.61. The summed E-state index contributed by atoms with van der Waals surface area (Å²) in [5, 5.41) is 26.5. The maximum atomic E-state index is 12.8. The minimum Gasteiger partial charge on any atom is -0.394 e. The molecule has 1 heterocycles. The van der Waals surface area contributed by atoms with Crippen LogP contribution in [0.5, 0.6) is 0 Å². The maximum Gasteiger partial charge on any atom is 0.237 e. The molecule has 3 N–H and O–H groups in total. The lowest BCUT2D eigenvalue weighted by atomic mass is 9.70. The number of benzene rings is 1. The molecule has 1 aromatic rings. The Morgan fingerprint density at radius 1 is 1.33 bits per heavy atom. The number of halogens is 1. The molecule has 3 atom stereocenters. The second-order valence-corrected chi connectivity index (χ2v) is 9.80. The van der Waals surface area contributed by atoms with Crippen molar-refractivity contribution in [3.8, 4) is 6.07 Å². The molecule has 3 unspecified atom stereocenters. The van der Waals surface area contributed by atoms with Crippen LogP contribution in [0.15, 0.2) is 24.3 Å². The molecule has 1 aliphatic rings. The van der Waals surface area contributed by atoms with Crippen LogP contribution in [-0.4, -0.2) is 35.2 Å². The molecule has 1 saturated heterocycles. The normalized spacial score (nSPS) is 25.9. The lowest BCUT2D eigenvalue weighted by molar-refractivity contribution is -0.125. The molecule has 2 rings (SSSR count). The number of nitrogens with one attached hydrogen (secondary N) is 2. The van der Waals surface area contributed by atoms with Crippen LogP contribution in [0.1, 0.15) is 53.0 Å². The van der Waals surface area contributed by atoms with E-state index in [1.54, 1.807) is 26.0 Å². The summed E-state index contributed by atoms with van der Waals surface area (Å²) in [5.41, 5.74) is -0.672. The molecule has 0 aliphatic carbocycles. The van der Waals surface area contributed by atoms with Gasteiger partial charge in [-0.2, -0.15) is 5.26 Å². The number of hydrogen-bond acceptors (Lipinski definition) is 4. The SMILES string of the molecule is CC(C)(C)CC1NC(C(=O)NC(C)(C)CO)CC1(C#N)c1ccc(Cl)cc1. The van der Waals surface area contributed by atoms with E-state index in [1.807, 2.05) is 12.1 Å². The molecule has 0 bridgehead atoms. The van der Waals surface area contributed by atoms with Crippen molar-refractivity contribution in [1.82, 2.24) is 10.6 Å². The van der Waals surface area contributed by atoms with Crippen LogP contribution >= 0.6 is 11.6 Å². The van der Waals surface area contributed by atoms with Crippen LogP contribution in [-0.2, 0) is 10.2 Å². The number of rotatable bonds is 5. The Bertz CT molecular complexity index is 718. The summed E-state index contributed by atoms with van der Waals surface area (Å²) in [6.45, 7) is 9.76. The first-order valence-electron chi connectivity index (χ1n) is 9.29. The summed E-state index contributed by atoms with van der Waals surface area (Å²) in [6, 6.07) is 9.16. The van der Waals surface area contributed by atoms with Crippen molar-refractivity contribution in [3.05, 3.63) is 34.9 Å². The molecule has 6 heteroatoms. The summed E-state index contributed by atoms with van der Waals surface area (Å²) in [5.74, 6) is -0.195. The summed E-state index contributed by atoms with van der Waals surface area (Å²) in [6.07, 6.45) is 1.12. The average Bonchev–Trinajstić information content (AvgIpc) is 2.93. The van der Waals surface area contributed by atoms with Gasteiger partial charge in [0, 0.05) is 11.1 Å². The average molecular weight is 392 g/mol. The smallest absolute Gasteiger partial charge is 0.237 e. The molecule has 0 aromatic heterocycles. The van der Waals surface area contributed by atoms with E-state index in [0.717, 1.165) is 12.0 Å².